The van der Waals surface area contributed by atoms with Gasteiger partial charge in [-0.15, -0.1) is 0 Å². The summed E-state index contributed by atoms with van der Waals surface area (Å²) >= 11 is 0. The van der Waals surface area contributed by atoms with Crippen molar-refractivity contribution in [3.8, 4) is 0 Å². The molecule has 1 aliphatic carbocycles. The molecule has 0 aromatic rings. The molecule has 0 saturated heterocycles. The van der Waals surface area contributed by atoms with Crippen LogP contribution in [0.15, 0.2) is 0 Å². The van der Waals surface area contributed by atoms with Crippen LogP contribution in [-0.4, -0.2) is 47.4 Å². The average molecular weight is 284 g/mol. The van der Waals surface area contributed by atoms with Gasteiger partial charge in [0.1, 0.15) is 6.54 Å². The molecule has 2 N–H and O–H groups in total. The van der Waals surface area contributed by atoms with Gasteiger partial charge in [0.05, 0.1) is 0 Å². The number of carbonyl (C=O) groups excluding carboxylic acids is 2. The Labute approximate surface area is 119 Å². The highest BCUT2D eigenvalue weighted by Crippen LogP contribution is 2.23. The van der Waals surface area contributed by atoms with Crippen molar-refractivity contribution in [3.63, 3.8) is 0 Å². The molecule has 2 amide bonds. The average Bonchev–Trinajstić information content (AvgIpc) is 2.38. The first kappa shape index (κ1) is 16.5. The van der Waals surface area contributed by atoms with Gasteiger partial charge in [-0.3, -0.25) is 14.4 Å². The second-order valence-electron chi connectivity index (χ2n) is 5.59. The number of aliphatic carboxylic acids is 1. The molecular weight excluding hydrogens is 260 g/mol. The topological polar surface area (TPSA) is 86.7 Å². The first-order valence-electron chi connectivity index (χ1n) is 7.16. The second kappa shape index (κ2) is 7.87. The quantitative estimate of drug-likeness (QED) is 0.762. The second-order valence-corrected chi connectivity index (χ2v) is 5.59. The molecule has 1 rings (SSSR count). The Hall–Kier alpha value is -1.59. The molecule has 6 heteroatoms. The van der Waals surface area contributed by atoms with E-state index < -0.39 is 5.97 Å². The van der Waals surface area contributed by atoms with E-state index in [0.717, 1.165) is 30.6 Å². The normalized spacial score (nSPS) is 17.3. The molecule has 1 saturated carbocycles. The third-order valence-corrected chi connectivity index (χ3v) is 3.64. The summed E-state index contributed by atoms with van der Waals surface area (Å²) in [5.74, 6) is -1.23. The summed E-state index contributed by atoms with van der Waals surface area (Å²) in [5, 5.41) is 11.5. The van der Waals surface area contributed by atoms with Crippen LogP contribution < -0.4 is 5.32 Å². The number of hydrogen-bond acceptors (Lipinski definition) is 3. The van der Waals surface area contributed by atoms with Crippen LogP contribution in [0.4, 0.5) is 0 Å². The minimum Gasteiger partial charge on any atom is -0.480 e. The molecule has 0 radical (unpaired) electrons. The third-order valence-electron chi connectivity index (χ3n) is 3.64. The van der Waals surface area contributed by atoms with Gasteiger partial charge >= 0.3 is 5.97 Å². The van der Waals surface area contributed by atoms with E-state index >= 15 is 0 Å². The van der Waals surface area contributed by atoms with Crippen molar-refractivity contribution >= 4 is 17.8 Å². The van der Waals surface area contributed by atoms with E-state index in [1.807, 2.05) is 0 Å². The number of nitrogens with zero attached hydrogens (tertiary/aromatic N) is 1. The van der Waals surface area contributed by atoms with Crippen LogP contribution >= 0.6 is 0 Å². The highest BCUT2D eigenvalue weighted by molar-refractivity contribution is 5.83. The number of carboxylic acid groups (broad SMARTS) is 1. The Morgan fingerprint density at radius 3 is 2.40 bits per heavy atom. The van der Waals surface area contributed by atoms with E-state index in [9.17, 15) is 14.4 Å². The fourth-order valence-electron chi connectivity index (χ4n) is 2.49. The number of carbonyl (C=O) groups is 3. The van der Waals surface area contributed by atoms with Crippen LogP contribution in [0.1, 0.15) is 45.4 Å². The van der Waals surface area contributed by atoms with Gasteiger partial charge < -0.3 is 15.3 Å². The first-order chi connectivity index (χ1) is 9.40. The van der Waals surface area contributed by atoms with Gasteiger partial charge in [0.15, 0.2) is 0 Å². The van der Waals surface area contributed by atoms with E-state index in [1.54, 1.807) is 6.92 Å². The molecule has 1 fully saturated rings. The lowest BCUT2D eigenvalue weighted by molar-refractivity contribution is -0.143. The molecule has 1 aliphatic rings. The smallest absolute Gasteiger partial charge is 0.323 e. The molecule has 0 spiro atoms. The van der Waals surface area contributed by atoms with Gasteiger partial charge in [0.2, 0.25) is 11.8 Å². The van der Waals surface area contributed by atoms with Crippen LogP contribution in [-0.2, 0) is 14.4 Å². The molecule has 1 unspecified atom stereocenters. The predicted molar refractivity (Wildman–Crippen MR) is 74.1 cm³/mol. The summed E-state index contributed by atoms with van der Waals surface area (Å²) in [6.45, 7) is 1.45. The zero-order chi connectivity index (χ0) is 15.1. The third kappa shape index (κ3) is 5.59. The molecular formula is C14H24N2O4. The van der Waals surface area contributed by atoms with Gasteiger partial charge in [0, 0.05) is 25.4 Å². The Morgan fingerprint density at radius 1 is 1.25 bits per heavy atom. The molecule has 0 heterocycles. The van der Waals surface area contributed by atoms with Crippen molar-refractivity contribution in [2.75, 3.05) is 13.6 Å². The zero-order valence-corrected chi connectivity index (χ0v) is 12.2. The molecule has 0 bridgehead atoms. The largest absolute Gasteiger partial charge is 0.480 e. The summed E-state index contributed by atoms with van der Waals surface area (Å²) in [7, 11) is 1.45. The van der Waals surface area contributed by atoms with E-state index in [0.29, 0.717) is 0 Å². The summed E-state index contributed by atoms with van der Waals surface area (Å²) in [5.41, 5.74) is 0. The van der Waals surface area contributed by atoms with E-state index in [2.05, 4.69) is 5.32 Å². The number of nitrogens with one attached hydrogen (secondary N) is 1. The van der Waals surface area contributed by atoms with Gasteiger partial charge in [-0.1, -0.05) is 19.3 Å². The summed E-state index contributed by atoms with van der Waals surface area (Å²) < 4.78 is 0. The van der Waals surface area contributed by atoms with Gasteiger partial charge in [-0.25, -0.2) is 0 Å². The van der Waals surface area contributed by atoms with Crippen molar-refractivity contribution in [1.82, 2.24) is 10.2 Å². The summed E-state index contributed by atoms with van der Waals surface area (Å²) in [4.78, 5) is 35.4. The lowest BCUT2D eigenvalue weighted by Crippen LogP contribution is -2.42. The number of hydrogen-bond donors (Lipinski definition) is 2. The molecule has 6 nitrogen and oxygen atoms in total. The van der Waals surface area contributed by atoms with Crippen LogP contribution in [0.3, 0.4) is 0 Å². The van der Waals surface area contributed by atoms with Crippen molar-refractivity contribution < 1.29 is 19.5 Å². The highest BCUT2D eigenvalue weighted by Gasteiger charge is 2.23. The number of likely N-dealkylation sites (N-methyl/N-ethyl adjacent to an activating group) is 1. The highest BCUT2D eigenvalue weighted by atomic mass is 16.4. The Morgan fingerprint density at radius 2 is 1.85 bits per heavy atom. The molecule has 114 valence electrons. The minimum atomic E-state index is -1.04. The Kier molecular flexibility index (Phi) is 6.48. The fraction of sp³-hybridized carbons (Fsp3) is 0.786. The van der Waals surface area contributed by atoms with Crippen LogP contribution in [0.2, 0.25) is 0 Å². The number of carboxylic acids is 1. The van der Waals surface area contributed by atoms with Crippen LogP contribution in [0.5, 0.6) is 0 Å². The SMILES string of the molecule is CC(CC(=O)N(C)CC(=O)O)NC(=O)C1CCCCC1. The molecule has 0 aromatic carbocycles. The fourth-order valence-corrected chi connectivity index (χ4v) is 2.49. The van der Waals surface area contributed by atoms with Crippen molar-refractivity contribution in [3.05, 3.63) is 0 Å². The van der Waals surface area contributed by atoms with Gasteiger partial charge in [-0.2, -0.15) is 0 Å². The minimum absolute atomic E-state index is 0.0193. The maximum Gasteiger partial charge on any atom is 0.323 e. The van der Waals surface area contributed by atoms with Crippen molar-refractivity contribution in [2.24, 2.45) is 5.92 Å². The monoisotopic (exact) mass is 284 g/mol. The van der Waals surface area contributed by atoms with E-state index in [-0.39, 0.29) is 36.7 Å². The Bertz CT molecular complexity index is 364. The lowest BCUT2D eigenvalue weighted by atomic mass is 9.88. The van der Waals surface area contributed by atoms with Gasteiger partial charge in [-0.05, 0) is 19.8 Å². The number of amides is 2. The maximum atomic E-state index is 12.0. The van der Waals surface area contributed by atoms with E-state index in [1.165, 1.54) is 13.5 Å². The lowest BCUT2D eigenvalue weighted by Gasteiger charge is -2.24. The Balaban J connectivity index is 2.34. The van der Waals surface area contributed by atoms with Crippen LogP contribution in [0.25, 0.3) is 0 Å². The van der Waals surface area contributed by atoms with Crippen molar-refractivity contribution in [2.45, 2.75) is 51.5 Å². The summed E-state index contributed by atoms with van der Waals surface area (Å²) in [6, 6.07) is -0.270. The number of rotatable bonds is 6. The maximum absolute atomic E-state index is 12.0. The standard InChI is InChI=1S/C14H24N2O4/c1-10(8-12(17)16(2)9-13(18)19)15-14(20)11-6-4-3-5-7-11/h10-11H,3-9H2,1-2H3,(H,15,20)(H,18,19). The molecule has 0 aliphatic heterocycles. The molecule has 0 aromatic heterocycles. The molecule has 20 heavy (non-hydrogen) atoms. The van der Waals surface area contributed by atoms with Gasteiger partial charge in [0.25, 0.3) is 0 Å². The summed E-state index contributed by atoms with van der Waals surface area (Å²) in [6.07, 6.45) is 5.34. The van der Waals surface area contributed by atoms with E-state index in [4.69, 9.17) is 5.11 Å². The molecule has 1 atom stereocenters. The zero-order valence-electron chi connectivity index (χ0n) is 12.2. The van der Waals surface area contributed by atoms with Crippen LogP contribution in [0, 0.1) is 5.92 Å². The van der Waals surface area contributed by atoms with Crippen molar-refractivity contribution in [1.29, 1.82) is 0 Å². The first-order valence-corrected chi connectivity index (χ1v) is 7.16. The predicted octanol–water partition coefficient (Wildman–Crippen LogP) is 1.00.